The van der Waals surface area contributed by atoms with E-state index in [1.807, 2.05) is 24.3 Å². The number of hydrogen-bond donors (Lipinski definition) is 0. The smallest absolute Gasteiger partial charge is 0.270 e. The van der Waals surface area contributed by atoms with Gasteiger partial charge in [-0.3, -0.25) is 10.1 Å². The lowest BCUT2D eigenvalue weighted by Crippen LogP contribution is -2.45. The third kappa shape index (κ3) is 4.18. The molecule has 0 aliphatic carbocycles. The van der Waals surface area contributed by atoms with E-state index in [9.17, 15) is 15.4 Å². The summed E-state index contributed by atoms with van der Waals surface area (Å²) in [6, 6.07) is 16.4. The van der Waals surface area contributed by atoms with E-state index in [1.165, 1.54) is 18.2 Å². The van der Waals surface area contributed by atoms with Crippen molar-refractivity contribution in [1.82, 2.24) is 4.90 Å². The molecule has 138 valence electrons. The summed E-state index contributed by atoms with van der Waals surface area (Å²) in [6.45, 7) is 3.04. The average molecular weight is 364 g/mol. The van der Waals surface area contributed by atoms with Crippen LogP contribution >= 0.6 is 0 Å². The number of nitro groups is 1. The second-order valence-corrected chi connectivity index (χ2v) is 6.14. The molecule has 27 heavy (non-hydrogen) atoms. The molecule has 0 atom stereocenters. The molecule has 0 aromatic heterocycles. The lowest BCUT2D eigenvalue weighted by molar-refractivity contribution is -0.384. The van der Waals surface area contributed by atoms with Crippen molar-refractivity contribution in [1.29, 1.82) is 5.26 Å². The van der Waals surface area contributed by atoms with Crippen molar-refractivity contribution in [3.63, 3.8) is 0 Å². The van der Waals surface area contributed by atoms with Crippen LogP contribution in [0.15, 0.2) is 54.6 Å². The van der Waals surface area contributed by atoms with Gasteiger partial charge in [0.15, 0.2) is 0 Å². The minimum absolute atomic E-state index is 0.0215. The molecule has 1 aliphatic heterocycles. The summed E-state index contributed by atoms with van der Waals surface area (Å²) in [7, 11) is 1.64. The molecule has 0 spiro atoms. The van der Waals surface area contributed by atoms with Crippen molar-refractivity contribution < 1.29 is 9.66 Å². The first-order valence-electron chi connectivity index (χ1n) is 8.61. The van der Waals surface area contributed by atoms with Gasteiger partial charge in [0.2, 0.25) is 0 Å². The summed E-state index contributed by atoms with van der Waals surface area (Å²) >= 11 is 0. The number of nitro benzene ring substituents is 1. The summed E-state index contributed by atoms with van der Waals surface area (Å²) in [5, 5.41) is 20.2. The van der Waals surface area contributed by atoms with Gasteiger partial charge in [-0.25, -0.2) is 0 Å². The van der Waals surface area contributed by atoms with Crippen LogP contribution in [0.5, 0.6) is 5.75 Å². The van der Waals surface area contributed by atoms with Crippen LogP contribution in [0.25, 0.3) is 5.70 Å². The van der Waals surface area contributed by atoms with Crippen molar-refractivity contribution in [3.05, 3.63) is 70.3 Å². The standard InChI is InChI=1S/C20H20N4O3/c1-27-19-7-5-17(6-8-19)22-11-13-23(14-12-22)20(9-10-21)16-3-2-4-18(15-16)24(25)26/h2-9,15H,11-14H2,1H3/b20-9+. The Bertz CT molecular complexity index is 879. The Morgan fingerprint density at radius 1 is 1.19 bits per heavy atom. The lowest BCUT2D eigenvalue weighted by atomic mass is 10.1. The molecule has 0 N–H and O–H groups in total. The molecule has 1 aliphatic rings. The highest BCUT2D eigenvalue weighted by atomic mass is 16.6. The number of piperazine rings is 1. The largest absolute Gasteiger partial charge is 0.497 e. The Balaban J connectivity index is 1.74. The molecule has 0 amide bonds. The predicted molar refractivity (Wildman–Crippen MR) is 103 cm³/mol. The SMILES string of the molecule is COc1ccc(N2CCN(/C(=C/C#N)c3cccc([N+](=O)[O-])c3)CC2)cc1. The molecule has 7 nitrogen and oxygen atoms in total. The fourth-order valence-electron chi connectivity index (χ4n) is 3.20. The molecule has 0 bridgehead atoms. The number of anilines is 1. The Kier molecular flexibility index (Phi) is 5.57. The van der Waals surface area contributed by atoms with Crippen LogP contribution < -0.4 is 9.64 Å². The van der Waals surface area contributed by atoms with Crippen LogP contribution in [0.4, 0.5) is 11.4 Å². The molecular formula is C20H20N4O3. The fraction of sp³-hybridized carbons (Fsp3) is 0.250. The van der Waals surface area contributed by atoms with Gasteiger partial charge in [0.05, 0.1) is 23.8 Å². The number of hydrogen-bond acceptors (Lipinski definition) is 6. The highest BCUT2D eigenvalue weighted by Crippen LogP contribution is 2.26. The van der Waals surface area contributed by atoms with E-state index in [0.717, 1.165) is 43.3 Å². The van der Waals surface area contributed by atoms with E-state index < -0.39 is 4.92 Å². The first-order valence-corrected chi connectivity index (χ1v) is 8.61. The second kappa shape index (κ2) is 8.23. The van der Waals surface area contributed by atoms with Crippen LogP contribution in [0, 0.1) is 21.4 Å². The number of allylic oxidation sites excluding steroid dienone is 1. The van der Waals surface area contributed by atoms with E-state index in [4.69, 9.17) is 4.74 Å². The van der Waals surface area contributed by atoms with Crippen molar-refractivity contribution >= 4 is 17.1 Å². The molecule has 0 radical (unpaired) electrons. The van der Waals surface area contributed by atoms with E-state index in [1.54, 1.807) is 19.2 Å². The number of non-ortho nitro benzene ring substituents is 1. The predicted octanol–water partition coefficient (Wildman–Crippen LogP) is 3.29. The second-order valence-electron chi connectivity index (χ2n) is 6.14. The number of ether oxygens (including phenoxy) is 1. The first-order chi connectivity index (χ1) is 13.1. The summed E-state index contributed by atoms with van der Waals surface area (Å²) in [5.74, 6) is 0.822. The molecule has 3 rings (SSSR count). The van der Waals surface area contributed by atoms with Gasteiger partial charge in [-0.15, -0.1) is 0 Å². The summed E-state index contributed by atoms with van der Waals surface area (Å²) in [5.41, 5.74) is 2.55. The van der Waals surface area contributed by atoms with Gasteiger partial charge < -0.3 is 14.5 Å². The summed E-state index contributed by atoms with van der Waals surface area (Å²) < 4.78 is 5.19. The van der Waals surface area contributed by atoms with Crippen LogP contribution in [-0.2, 0) is 0 Å². The molecule has 2 aromatic carbocycles. The quantitative estimate of drug-likeness (QED) is 0.460. The van der Waals surface area contributed by atoms with Gasteiger partial charge in [-0.2, -0.15) is 5.26 Å². The molecule has 2 aromatic rings. The molecule has 1 fully saturated rings. The Labute approximate surface area is 157 Å². The maximum atomic E-state index is 11.0. The maximum absolute atomic E-state index is 11.0. The number of benzene rings is 2. The van der Waals surface area contributed by atoms with Gasteiger partial charge in [-0.1, -0.05) is 12.1 Å². The third-order valence-electron chi connectivity index (χ3n) is 4.61. The number of methoxy groups -OCH3 is 1. The number of nitrogens with zero attached hydrogens (tertiary/aromatic N) is 4. The number of nitriles is 1. The van der Waals surface area contributed by atoms with Gasteiger partial charge >= 0.3 is 0 Å². The molecular weight excluding hydrogens is 344 g/mol. The van der Waals surface area contributed by atoms with Crippen LogP contribution in [-0.4, -0.2) is 43.1 Å². The van der Waals surface area contributed by atoms with Gasteiger partial charge in [0, 0.05) is 55.6 Å². The molecule has 0 unspecified atom stereocenters. The molecule has 1 heterocycles. The zero-order chi connectivity index (χ0) is 19.2. The summed E-state index contributed by atoms with van der Waals surface area (Å²) in [6.07, 6.45) is 1.46. The molecule has 7 heteroatoms. The van der Waals surface area contributed by atoms with Crippen LogP contribution in [0.2, 0.25) is 0 Å². The highest BCUT2D eigenvalue weighted by molar-refractivity contribution is 5.68. The Morgan fingerprint density at radius 2 is 1.89 bits per heavy atom. The average Bonchev–Trinajstić information content (AvgIpc) is 2.72. The topological polar surface area (TPSA) is 82.6 Å². The van der Waals surface area contributed by atoms with Crippen molar-refractivity contribution in [2.75, 3.05) is 38.2 Å². The Morgan fingerprint density at radius 3 is 2.48 bits per heavy atom. The minimum atomic E-state index is -0.422. The first kappa shape index (κ1) is 18.3. The van der Waals surface area contributed by atoms with Crippen LogP contribution in [0.1, 0.15) is 5.56 Å². The molecule has 1 saturated heterocycles. The van der Waals surface area contributed by atoms with E-state index in [-0.39, 0.29) is 5.69 Å². The van der Waals surface area contributed by atoms with Crippen molar-refractivity contribution in [2.45, 2.75) is 0 Å². The fourth-order valence-corrected chi connectivity index (χ4v) is 3.20. The van der Waals surface area contributed by atoms with E-state index in [2.05, 4.69) is 15.9 Å². The van der Waals surface area contributed by atoms with Crippen molar-refractivity contribution in [2.24, 2.45) is 0 Å². The zero-order valence-corrected chi connectivity index (χ0v) is 15.0. The third-order valence-corrected chi connectivity index (χ3v) is 4.61. The van der Waals surface area contributed by atoms with Gasteiger partial charge in [0.25, 0.3) is 5.69 Å². The van der Waals surface area contributed by atoms with Crippen LogP contribution in [0.3, 0.4) is 0 Å². The maximum Gasteiger partial charge on any atom is 0.270 e. The minimum Gasteiger partial charge on any atom is -0.497 e. The Hall–Kier alpha value is -3.53. The lowest BCUT2D eigenvalue weighted by Gasteiger charge is -2.38. The summed E-state index contributed by atoms with van der Waals surface area (Å²) in [4.78, 5) is 15.0. The molecule has 0 saturated carbocycles. The monoisotopic (exact) mass is 364 g/mol. The van der Waals surface area contributed by atoms with Gasteiger partial charge in [0.1, 0.15) is 5.75 Å². The normalized spacial score (nSPS) is 14.6. The number of rotatable bonds is 5. The van der Waals surface area contributed by atoms with E-state index >= 15 is 0 Å². The van der Waals surface area contributed by atoms with Gasteiger partial charge in [-0.05, 0) is 24.3 Å². The highest BCUT2D eigenvalue weighted by Gasteiger charge is 2.21. The van der Waals surface area contributed by atoms with Crippen molar-refractivity contribution in [3.8, 4) is 11.8 Å². The van der Waals surface area contributed by atoms with E-state index in [0.29, 0.717) is 5.56 Å². The zero-order valence-electron chi connectivity index (χ0n) is 15.0.